The van der Waals surface area contributed by atoms with E-state index in [2.05, 4.69) is 6.07 Å². The van der Waals surface area contributed by atoms with Crippen LogP contribution in [0.4, 0.5) is 11.4 Å². The summed E-state index contributed by atoms with van der Waals surface area (Å²) in [6.07, 6.45) is 0. The van der Waals surface area contributed by atoms with Crippen molar-refractivity contribution in [3.63, 3.8) is 0 Å². The molecule has 0 aliphatic rings. The van der Waals surface area contributed by atoms with Crippen molar-refractivity contribution in [3.05, 3.63) is 59.2 Å². The largest absolute Gasteiger partial charge is 0.399 e. The maximum Gasteiger partial charge on any atom is 0.258 e. The van der Waals surface area contributed by atoms with Crippen LogP contribution < -0.4 is 10.6 Å². The molecule has 4 heteroatoms. The molecule has 0 saturated carbocycles. The summed E-state index contributed by atoms with van der Waals surface area (Å²) in [5, 5.41) is 8.78. The number of hydrogen-bond acceptors (Lipinski definition) is 3. The minimum atomic E-state index is -0.125. The summed E-state index contributed by atoms with van der Waals surface area (Å²) < 4.78 is 0. The SMILES string of the molecule is Cc1ccc(N)cc1C(=O)N(C)c1ccc(C#N)cc1. The molecule has 0 aliphatic carbocycles. The molecule has 0 aromatic heterocycles. The summed E-state index contributed by atoms with van der Waals surface area (Å²) in [4.78, 5) is 14.0. The molecule has 1 amide bonds. The zero-order valence-electron chi connectivity index (χ0n) is 11.4. The standard InChI is InChI=1S/C16H15N3O/c1-11-3-6-13(18)9-15(11)16(20)19(2)14-7-4-12(10-17)5-8-14/h3-9H,18H2,1-2H3. The van der Waals surface area contributed by atoms with Gasteiger partial charge in [-0.05, 0) is 48.9 Å². The van der Waals surface area contributed by atoms with Crippen LogP contribution in [0.5, 0.6) is 0 Å². The number of rotatable bonds is 2. The molecule has 20 heavy (non-hydrogen) atoms. The van der Waals surface area contributed by atoms with E-state index in [-0.39, 0.29) is 5.91 Å². The van der Waals surface area contributed by atoms with Gasteiger partial charge in [0.05, 0.1) is 11.6 Å². The predicted octanol–water partition coefficient (Wildman–Crippen LogP) is 2.73. The van der Waals surface area contributed by atoms with Gasteiger partial charge in [0.1, 0.15) is 0 Å². The molecule has 0 saturated heterocycles. The van der Waals surface area contributed by atoms with Crippen LogP contribution in [0.3, 0.4) is 0 Å². The normalized spacial score (nSPS) is 9.85. The summed E-state index contributed by atoms with van der Waals surface area (Å²) in [7, 11) is 1.70. The van der Waals surface area contributed by atoms with Gasteiger partial charge in [-0.1, -0.05) is 6.07 Å². The Morgan fingerprint density at radius 3 is 2.45 bits per heavy atom. The Hall–Kier alpha value is -2.80. The van der Waals surface area contributed by atoms with Crippen molar-refractivity contribution in [1.29, 1.82) is 5.26 Å². The highest BCUT2D eigenvalue weighted by molar-refractivity contribution is 6.07. The Balaban J connectivity index is 2.32. The van der Waals surface area contributed by atoms with Crippen molar-refractivity contribution in [2.75, 3.05) is 17.7 Å². The Morgan fingerprint density at radius 1 is 1.20 bits per heavy atom. The summed E-state index contributed by atoms with van der Waals surface area (Å²) >= 11 is 0. The number of aryl methyl sites for hydroxylation is 1. The third kappa shape index (κ3) is 2.62. The molecular formula is C16H15N3O. The second-order valence-corrected chi connectivity index (χ2v) is 4.60. The van der Waals surface area contributed by atoms with E-state index in [4.69, 9.17) is 11.0 Å². The molecule has 0 aliphatic heterocycles. The van der Waals surface area contributed by atoms with Gasteiger partial charge in [0.25, 0.3) is 5.91 Å². The molecule has 4 nitrogen and oxygen atoms in total. The molecule has 2 rings (SSSR count). The van der Waals surface area contributed by atoms with Crippen molar-refractivity contribution in [3.8, 4) is 6.07 Å². The predicted molar refractivity (Wildman–Crippen MR) is 79.5 cm³/mol. The van der Waals surface area contributed by atoms with Crippen LogP contribution in [0.25, 0.3) is 0 Å². The highest BCUT2D eigenvalue weighted by atomic mass is 16.2. The van der Waals surface area contributed by atoms with Crippen molar-refractivity contribution in [1.82, 2.24) is 0 Å². The van der Waals surface area contributed by atoms with Gasteiger partial charge in [-0.3, -0.25) is 4.79 Å². The lowest BCUT2D eigenvalue weighted by atomic mass is 10.1. The van der Waals surface area contributed by atoms with E-state index < -0.39 is 0 Å². The van der Waals surface area contributed by atoms with Gasteiger partial charge in [-0.15, -0.1) is 0 Å². The molecule has 0 atom stereocenters. The number of benzene rings is 2. The van der Waals surface area contributed by atoms with E-state index in [1.165, 1.54) is 0 Å². The van der Waals surface area contributed by atoms with Crippen molar-refractivity contribution in [2.45, 2.75) is 6.92 Å². The third-order valence-corrected chi connectivity index (χ3v) is 3.18. The molecule has 0 unspecified atom stereocenters. The summed E-state index contributed by atoms with van der Waals surface area (Å²) in [6.45, 7) is 1.87. The van der Waals surface area contributed by atoms with E-state index in [1.54, 1.807) is 48.3 Å². The zero-order chi connectivity index (χ0) is 14.7. The first-order valence-corrected chi connectivity index (χ1v) is 6.17. The van der Waals surface area contributed by atoms with E-state index in [0.29, 0.717) is 16.8 Å². The fourth-order valence-electron chi connectivity index (χ4n) is 1.93. The Morgan fingerprint density at radius 2 is 1.85 bits per heavy atom. The molecule has 0 radical (unpaired) electrons. The molecule has 2 aromatic rings. The van der Waals surface area contributed by atoms with Gasteiger partial charge in [0.2, 0.25) is 0 Å². The number of nitrogens with zero attached hydrogens (tertiary/aromatic N) is 2. The number of carbonyl (C=O) groups excluding carboxylic acids is 1. The number of hydrogen-bond donors (Lipinski definition) is 1. The highest BCUT2D eigenvalue weighted by Gasteiger charge is 2.15. The van der Waals surface area contributed by atoms with E-state index in [1.807, 2.05) is 13.0 Å². The van der Waals surface area contributed by atoms with Crippen LogP contribution in [0.15, 0.2) is 42.5 Å². The molecular weight excluding hydrogens is 250 g/mol. The summed E-state index contributed by atoms with van der Waals surface area (Å²) in [5.41, 5.74) is 9.05. The third-order valence-electron chi connectivity index (χ3n) is 3.18. The fourth-order valence-corrected chi connectivity index (χ4v) is 1.93. The average Bonchev–Trinajstić information content (AvgIpc) is 2.48. The highest BCUT2D eigenvalue weighted by Crippen LogP contribution is 2.19. The summed E-state index contributed by atoms with van der Waals surface area (Å²) in [6, 6.07) is 14.2. The van der Waals surface area contributed by atoms with E-state index >= 15 is 0 Å². The minimum Gasteiger partial charge on any atom is -0.399 e. The minimum absolute atomic E-state index is 0.125. The lowest BCUT2D eigenvalue weighted by Crippen LogP contribution is -2.27. The van der Waals surface area contributed by atoms with Crippen molar-refractivity contribution >= 4 is 17.3 Å². The van der Waals surface area contributed by atoms with Crippen LogP contribution >= 0.6 is 0 Å². The number of carbonyl (C=O) groups is 1. The lowest BCUT2D eigenvalue weighted by Gasteiger charge is -2.18. The molecule has 0 fully saturated rings. The van der Waals surface area contributed by atoms with Crippen molar-refractivity contribution in [2.24, 2.45) is 0 Å². The van der Waals surface area contributed by atoms with Gasteiger partial charge in [-0.2, -0.15) is 5.26 Å². The lowest BCUT2D eigenvalue weighted by molar-refractivity contribution is 0.0992. The van der Waals surface area contributed by atoms with E-state index in [9.17, 15) is 4.79 Å². The number of anilines is 2. The molecule has 2 N–H and O–H groups in total. The second kappa shape index (κ2) is 5.45. The number of amides is 1. The van der Waals surface area contributed by atoms with Crippen LogP contribution in [0, 0.1) is 18.3 Å². The summed E-state index contributed by atoms with van der Waals surface area (Å²) in [5.74, 6) is -0.125. The first-order chi connectivity index (χ1) is 9.52. The van der Waals surface area contributed by atoms with Gasteiger partial charge in [0, 0.05) is 24.0 Å². The number of nitrogens with two attached hydrogens (primary N) is 1. The van der Waals surface area contributed by atoms with Crippen LogP contribution in [0.2, 0.25) is 0 Å². The van der Waals surface area contributed by atoms with Gasteiger partial charge in [-0.25, -0.2) is 0 Å². The number of nitriles is 1. The molecule has 100 valence electrons. The molecule has 0 bridgehead atoms. The Kier molecular flexibility index (Phi) is 3.72. The van der Waals surface area contributed by atoms with Crippen LogP contribution in [-0.4, -0.2) is 13.0 Å². The quantitative estimate of drug-likeness (QED) is 0.849. The smallest absolute Gasteiger partial charge is 0.258 e. The Labute approximate surface area is 118 Å². The zero-order valence-corrected chi connectivity index (χ0v) is 11.4. The topological polar surface area (TPSA) is 70.1 Å². The molecule has 2 aromatic carbocycles. The van der Waals surface area contributed by atoms with Crippen LogP contribution in [0.1, 0.15) is 21.5 Å². The van der Waals surface area contributed by atoms with Gasteiger partial charge in [0.15, 0.2) is 0 Å². The molecule has 0 heterocycles. The maximum atomic E-state index is 12.5. The van der Waals surface area contributed by atoms with Crippen LogP contribution in [-0.2, 0) is 0 Å². The maximum absolute atomic E-state index is 12.5. The first kappa shape index (κ1) is 13.6. The van der Waals surface area contributed by atoms with Gasteiger partial charge < -0.3 is 10.6 Å². The monoisotopic (exact) mass is 265 g/mol. The van der Waals surface area contributed by atoms with E-state index in [0.717, 1.165) is 11.3 Å². The molecule has 0 spiro atoms. The second-order valence-electron chi connectivity index (χ2n) is 4.60. The average molecular weight is 265 g/mol. The fraction of sp³-hybridized carbons (Fsp3) is 0.125. The number of nitrogen functional groups attached to an aromatic ring is 1. The van der Waals surface area contributed by atoms with Gasteiger partial charge >= 0.3 is 0 Å². The first-order valence-electron chi connectivity index (χ1n) is 6.17. The van der Waals surface area contributed by atoms with Crippen molar-refractivity contribution < 1.29 is 4.79 Å². The Bertz CT molecular complexity index is 684.